The quantitative estimate of drug-likeness (QED) is 0.600. The number of aromatic nitrogens is 1. The van der Waals surface area contributed by atoms with Crippen molar-refractivity contribution in [3.8, 4) is 0 Å². The molecule has 0 aliphatic heterocycles. The van der Waals surface area contributed by atoms with Crippen molar-refractivity contribution in [2.75, 3.05) is 11.4 Å². The lowest BCUT2D eigenvalue weighted by Gasteiger charge is -2.27. The molecule has 1 heterocycles. The lowest BCUT2D eigenvalue weighted by atomic mass is 10.2. The van der Waals surface area contributed by atoms with E-state index in [1.807, 2.05) is 18.7 Å². The van der Waals surface area contributed by atoms with Crippen molar-refractivity contribution in [2.24, 2.45) is 0 Å². The van der Waals surface area contributed by atoms with Crippen LogP contribution in [-0.4, -0.2) is 33.6 Å². The van der Waals surface area contributed by atoms with Crippen molar-refractivity contribution < 1.29 is 14.8 Å². The molecule has 104 valence electrons. The number of carbonyl (C=O) groups is 1. The SMILES string of the molecule is CC(C)N(CCCC(=O)O)c1cc([N+](=O)[O-])ccn1. The Bertz CT molecular complexity index is 462. The number of hydrogen-bond donors (Lipinski definition) is 1. The molecule has 7 nitrogen and oxygen atoms in total. The molecule has 7 heteroatoms. The molecule has 0 aliphatic rings. The van der Waals surface area contributed by atoms with Gasteiger partial charge in [0.15, 0.2) is 0 Å². The molecule has 0 saturated heterocycles. The number of carboxylic acids is 1. The molecule has 0 aromatic carbocycles. The Kier molecular flexibility index (Phi) is 5.23. The molecule has 0 amide bonds. The van der Waals surface area contributed by atoms with Crippen molar-refractivity contribution in [1.29, 1.82) is 0 Å². The third kappa shape index (κ3) is 4.53. The number of carboxylic acid groups (broad SMARTS) is 1. The maximum absolute atomic E-state index is 10.7. The Hall–Kier alpha value is -2.18. The maximum atomic E-state index is 10.7. The van der Waals surface area contributed by atoms with Crippen LogP contribution in [0.2, 0.25) is 0 Å². The predicted octanol–water partition coefficient (Wildman–Crippen LogP) is 2.07. The van der Waals surface area contributed by atoms with Gasteiger partial charge in [-0.05, 0) is 20.3 Å². The number of nitro groups is 1. The van der Waals surface area contributed by atoms with Gasteiger partial charge in [-0.2, -0.15) is 0 Å². The molecule has 0 radical (unpaired) electrons. The summed E-state index contributed by atoms with van der Waals surface area (Å²) in [5.41, 5.74) is -0.0196. The summed E-state index contributed by atoms with van der Waals surface area (Å²) in [5.74, 6) is -0.356. The van der Waals surface area contributed by atoms with Gasteiger partial charge in [0.2, 0.25) is 0 Å². The average molecular weight is 267 g/mol. The molecule has 1 N–H and O–H groups in total. The second kappa shape index (κ2) is 6.67. The topological polar surface area (TPSA) is 96.6 Å². The Morgan fingerprint density at radius 3 is 2.79 bits per heavy atom. The number of anilines is 1. The first-order chi connectivity index (χ1) is 8.91. The van der Waals surface area contributed by atoms with E-state index < -0.39 is 10.9 Å². The van der Waals surface area contributed by atoms with Gasteiger partial charge in [0.1, 0.15) is 5.82 Å². The van der Waals surface area contributed by atoms with E-state index in [0.717, 1.165) is 0 Å². The lowest BCUT2D eigenvalue weighted by Crippen LogP contribution is -2.32. The molecule has 0 bridgehead atoms. The second-order valence-electron chi connectivity index (χ2n) is 4.41. The summed E-state index contributed by atoms with van der Waals surface area (Å²) in [6.45, 7) is 4.36. The van der Waals surface area contributed by atoms with Crippen LogP contribution >= 0.6 is 0 Å². The van der Waals surface area contributed by atoms with Crippen LogP contribution in [0, 0.1) is 10.1 Å². The van der Waals surface area contributed by atoms with E-state index in [0.29, 0.717) is 18.8 Å². The van der Waals surface area contributed by atoms with Gasteiger partial charge in [-0.25, -0.2) is 4.98 Å². The first kappa shape index (κ1) is 14.9. The number of nitrogens with zero attached hydrogens (tertiary/aromatic N) is 3. The molecule has 19 heavy (non-hydrogen) atoms. The first-order valence-electron chi connectivity index (χ1n) is 6.00. The molecule has 0 aliphatic carbocycles. The van der Waals surface area contributed by atoms with Gasteiger partial charge >= 0.3 is 5.97 Å². The van der Waals surface area contributed by atoms with Crippen LogP contribution in [0.5, 0.6) is 0 Å². The van der Waals surface area contributed by atoms with E-state index in [9.17, 15) is 14.9 Å². The molecule has 0 fully saturated rings. The Balaban J connectivity index is 2.83. The molecule has 0 saturated carbocycles. The zero-order valence-corrected chi connectivity index (χ0v) is 10.9. The largest absolute Gasteiger partial charge is 0.481 e. The summed E-state index contributed by atoms with van der Waals surface area (Å²) in [4.78, 5) is 26.7. The lowest BCUT2D eigenvalue weighted by molar-refractivity contribution is -0.384. The van der Waals surface area contributed by atoms with E-state index >= 15 is 0 Å². The summed E-state index contributed by atoms with van der Waals surface area (Å²) in [5, 5.41) is 19.4. The minimum atomic E-state index is -0.851. The zero-order valence-electron chi connectivity index (χ0n) is 10.9. The molecule has 1 aromatic heterocycles. The van der Waals surface area contributed by atoms with Gasteiger partial charge in [-0.3, -0.25) is 14.9 Å². The number of pyridine rings is 1. The highest BCUT2D eigenvalue weighted by molar-refractivity contribution is 5.66. The van der Waals surface area contributed by atoms with Crippen molar-refractivity contribution in [1.82, 2.24) is 4.98 Å². The second-order valence-corrected chi connectivity index (χ2v) is 4.41. The normalized spacial score (nSPS) is 10.5. The summed E-state index contributed by atoms with van der Waals surface area (Å²) in [7, 11) is 0. The fourth-order valence-corrected chi connectivity index (χ4v) is 1.72. The van der Waals surface area contributed by atoms with Crippen LogP contribution in [0.4, 0.5) is 11.5 Å². The summed E-state index contributed by atoms with van der Waals surface area (Å²) in [6, 6.07) is 2.82. The average Bonchev–Trinajstić information content (AvgIpc) is 2.34. The molecular weight excluding hydrogens is 250 g/mol. The van der Waals surface area contributed by atoms with Crippen molar-refractivity contribution in [3.05, 3.63) is 28.4 Å². The minimum absolute atomic E-state index is 0.0196. The molecule has 0 unspecified atom stereocenters. The minimum Gasteiger partial charge on any atom is -0.481 e. The first-order valence-corrected chi connectivity index (χ1v) is 6.00. The van der Waals surface area contributed by atoms with Gasteiger partial charge in [0.25, 0.3) is 5.69 Å². The Morgan fingerprint density at radius 1 is 1.58 bits per heavy atom. The van der Waals surface area contributed by atoms with E-state index in [1.165, 1.54) is 18.3 Å². The van der Waals surface area contributed by atoms with E-state index in [-0.39, 0.29) is 18.2 Å². The van der Waals surface area contributed by atoms with Crippen LogP contribution in [0.1, 0.15) is 26.7 Å². The maximum Gasteiger partial charge on any atom is 0.303 e. The van der Waals surface area contributed by atoms with Gasteiger partial charge in [0.05, 0.1) is 11.0 Å². The van der Waals surface area contributed by atoms with E-state index in [2.05, 4.69) is 4.98 Å². The third-order valence-corrected chi connectivity index (χ3v) is 2.65. The van der Waals surface area contributed by atoms with Crippen LogP contribution < -0.4 is 4.90 Å². The van der Waals surface area contributed by atoms with Gasteiger partial charge in [0, 0.05) is 31.3 Å². The molecule has 0 spiro atoms. The molecule has 1 aromatic rings. The fraction of sp³-hybridized carbons (Fsp3) is 0.500. The summed E-state index contributed by atoms with van der Waals surface area (Å²) >= 11 is 0. The smallest absolute Gasteiger partial charge is 0.303 e. The van der Waals surface area contributed by atoms with E-state index in [1.54, 1.807) is 0 Å². The Labute approximate surface area is 111 Å². The van der Waals surface area contributed by atoms with Gasteiger partial charge < -0.3 is 10.0 Å². The molecular formula is C12H17N3O4. The van der Waals surface area contributed by atoms with Crippen LogP contribution in [-0.2, 0) is 4.79 Å². The van der Waals surface area contributed by atoms with Crippen LogP contribution in [0.25, 0.3) is 0 Å². The van der Waals surface area contributed by atoms with Crippen LogP contribution in [0.15, 0.2) is 18.3 Å². The predicted molar refractivity (Wildman–Crippen MR) is 70.2 cm³/mol. The monoisotopic (exact) mass is 267 g/mol. The Morgan fingerprint density at radius 2 is 2.26 bits per heavy atom. The van der Waals surface area contributed by atoms with Crippen molar-refractivity contribution in [3.63, 3.8) is 0 Å². The van der Waals surface area contributed by atoms with Crippen LogP contribution in [0.3, 0.4) is 0 Å². The van der Waals surface area contributed by atoms with E-state index in [4.69, 9.17) is 5.11 Å². The van der Waals surface area contributed by atoms with Gasteiger partial charge in [-0.15, -0.1) is 0 Å². The standard InChI is InChI=1S/C12H17N3O4/c1-9(2)14(7-3-4-12(16)17)11-8-10(15(18)19)5-6-13-11/h5-6,8-9H,3-4,7H2,1-2H3,(H,16,17). The van der Waals surface area contributed by atoms with Crippen molar-refractivity contribution >= 4 is 17.5 Å². The molecule has 1 rings (SSSR count). The van der Waals surface area contributed by atoms with Crippen molar-refractivity contribution in [2.45, 2.75) is 32.7 Å². The number of rotatable bonds is 7. The number of aliphatic carboxylic acids is 1. The molecule has 0 atom stereocenters. The number of hydrogen-bond acceptors (Lipinski definition) is 5. The highest BCUT2D eigenvalue weighted by Gasteiger charge is 2.15. The zero-order chi connectivity index (χ0) is 14.4. The third-order valence-electron chi connectivity index (χ3n) is 2.65. The summed E-state index contributed by atoms with van der Waals surface area (Å²) in [6.07, 6.45) is 1.93. The summed E-state index contributed by atoms with van der Waals surface area (Å²) < 4.78 is 0. The fourth-order valence-electron chi connectivity index (χ4n) is 1.72. The van der Waals surface area contributed by atoms with Gasteiger partial charge in [-0.1, -0.05) is 0 Å². The highest BCUT2D eigenvalue weighted by Crippen LogP contribution is 2.20. The highest BCUT2D eigenvalue weighted by atomic mass is 16.6.